The van der Waals surface area contributed by atoms with Crippen molar-refractivity contribution >= 4 is 23.2 Å². The van der Waals surface area contributed by atoms with Crippen LogP contribution in [0, 0.1) is 5.82 Å². The first kappa shape index (κ1) is 19.1. The number of benzene rings is 1. The van der Waals surface area contributed by atoms with E-state index in [0.29, 0.717) is 25.9 Å². The van der Waals surface area contributed by atoms with Gasteiger partial charge in [0.05, 0.1) is 10.7 Å². The molecule has 0 aliphatic carbocycles. The molecule has 0 aliphatic heterocycles. The molecule has 1 aromatic carbocycles. The Balaban J connectivity index is 1.66. The maximum absolute atomic E-state index is 12.9. The van der Waals surface area contributed by atoms with Gasteiger partial charge in [-0.2, -0.15) is 0 Å². The molecule has 2 rings (SSSR count). The molecule has 1 heterocycles. The average molecular weight is 363 g/mol. The Labute approximate surface area is 150 Å². The van der Waals surface area contributed by atoms with Gasteiger partial charge >= 0.3 is 0 Å². The topological polar surface area (TPSA) is 71.1 Å². The number of nitrogens with one attached hydrogen (secondary N) is 2. The minimum absolute atomic E-state index is 0.00180. The molecular weight excluding hydrogens is 341 g/mol. The molecule has 0 saturated heterocycles. The van der Waals surface area contributed by atoms with Crippen LogP contribution in [0.2, 0.25) is 0 Å². The molecule has 1 aromatic heterocycles. The van der Waals surface area contributed by atoms with E-state index >= 15 is 0 Å². The van der Waals surface area contributed by atoms with Gasteiger partial charge in [0.25, 0.3) is 0 Å². The first-order valence-corrected chi connectivity index (χ1v) is 9.14. The average Bonchev–Trinajstić information content (AvgIpc) is 3.05. The van der Waals surface area contributed by atoms with Crippen LogP contribution < -0.4 is 10.6 Å². The molecule has 0 fully saturated rings. The van der Waals surface area contributed by atoms with Crippen molar-refractivity contribution in [3.8, 4) is 11.3 Å². The van der Waals surface area contributed by atoms with E-state index in [1.165, 1.54) is 30.4 Å². The Morgan fingerprint density at radius 2 is 1.80 bits per heavy atom. The Morgan fingerprint density at radius 3 is 2.48 bits per heavy atom. The maximum atomic E-state index is 12.9. The van der Waals surface area contributed by atoms with Crippen molar-refractivity contribution in [1.82, 2.24) is 15.6 Å². The zero-order valence-corrected chi connectivity index (χ0v) is 15.0. The van der Waals surface area contributed by atoms with Gasteiger partial charge in [0.15, 0.2) is 0 Å². The van der Waals surface area contributed by atoms with Crippen LogP contribution in [0.1, 0.15) is 31.2 Å². The van der Waals surface area contributed by atoms with Crippen LogP contribution in [0.15, 0.2) is 29.6 Å². The van der Waals surface area contributed by atoms with Crippen LogP contribution >= 0.6 is 11.3 Å². The summed E-state index contributed by atoms with van der Waals surface area (Å²) < 4.78 is 12.9. The van der Waals surface area contributed by atoms with Crippen molar-refractivity contribution in [3.05, 3.63) is 40.5 Å². The summed E-state index contributed by atoms with van der Waals surface area (Å²) in [7, 11) is 0. The summed E-state index contributed by atoms with van der Waals surface area (Å²) in [6.45, 7) is 2.73. The fourth-order valence-corrected chi connectivity index (χ4v) is 3.04. The third-order valence-corrected chi connectivity index (χ3v) is 4.47. The van der Waals surface area contributed by atoms with Crippen molar-refractivity contribution in [1.29, 1.82) is 0 Å². The molecule has 0 spiro atoms. The van der Waals surface area contributed by atoms with Crippen LogP contribution in [0.25, 0.3) is 11.3 Å². The minimum atomic E-state index is -0.270. The second kappa shape index (κ2) is 9.88. The third kappa shape index (κ3) is 7.01. The second-order valence-corrected chi connectivity index (χ2v) is 6.62. The highest BCUT2D eigenvalue weighted by Gasteiger charge is 2.07. The van der Waals surface area contributed by atoms with Crippen molar-refractivity contribution in [2.45, 2.75) is 32.6 Å². The highest BCUT2D eigenvalue weighted by Crippen LogP contribution is 2.22. The molecule has 0 saturated carbocycles. The molecule has 0 aliphatic rings. The Morgan fingerprint density at radius 1 is 1.12 bits per heavy atom. The van der Waals surface area contributed by atoms with E-state index in [9.17, 15) is 14.0 Å². The molecule has 134 valence electrons. The first-order valence-electron chi connectivity index (χ1n) is 8.26. The van der Waals surface area contributed by atoms with Crippen LogP contribution in [-0.2, 0) is 16.0 Å². The van der Waals surface area contributed by atoms with Crippen LogP contribution in [0.4, 0.5) is 4.39 Å². The molecule has 25 heavy (non-hydrogen) atoms. The molecule has 0 atom stereocenters. The number of halogens is 1. The number of aromatic nitrogens is 1. The number of rotatable bonds is 9. The van der Waals surface area contributed by atoms with Crippen molar-refractivity contribution in [2.75, 3.05) is 13.1 Å². The largest absolute Gasteiger partial charge is 0.356 e. The molecule has 7 heteroatoms. The number of unbranched alkanes of at least 4 members (excludes halogenated alkanes) is 1. The summed E-state index contributed by atoms with van der Waals surface area (Å²) in [5.41, 5.74) is 1.67. The minimum Gasteiger partial charge on any atom is -0.356 e. The maximum Gasteiger partial charge on any atom is 0.220 e. The normalized spacial score (nSPS) is 10.5. The van der Waals surface area contributed by atoms with E-state index in [1.807, 2.05) is 5.38 Å². The molecule has 0 bridgehead atoms. The van der Waals surface area contributed by atoms with E-state index in [1.54, 1.807) is 12.1 Å². The molecule has 2 N–H and O–H groups in total. The molecule has 2 amide bonds. The fraction of sp³-hybridized carbons (Fsp3) is 0.389. The number of aryl methyl sites for hydroxylation is 1. The number of amides is 2. The summed E-state index contributed by atoms with van der Waals surface area (Å²) in [6, 6.07) is 6.21. The lowest BCUT2D eigenvalue weighted by Crippen LogP contribution is -2.26. The summed E-state index contributed by atoms with van der Waals surface area (Å²) in [6.07, 6.45) is 2.65. The van der Waals surface area contributed by atoms with Gasteiger partial charge in [-0.3, -0.25) is 9.59 Å². The summed E-state index contributed by atoms with van der Waals surface area (Å²) >= 11 is 1.50. The smallest absolute Gasteiger partial charge is 0.220 e. The zero-order valence-electron chi connectivity index (χ0n) is 14.2. The van der Waals surface area contributed by atoms with Crippen LogP contribution in [0.3, 0.4) is 0 Å². The lowest BCUT2D eigenvalue weighted by molar-refractivity contribution is -0.121. The van der Waals surface area contributed by atoms with Gasteiger partial charge in [-0.05, 0) is 37.1 Å². The summed E-state index contributed by atoms with van der Waals surface area (Å²) in [5.74, 6) is -0.307. The molecule has 2 aromatic rings. The quantitative estimate of drug-likeness (QED) is 0.673. The molecule has 5 nitrogen and oxygen atoms in total. The van der Waals surface area contributed by atoms with Gasteiger partial charge in [-0.1, -0.05) is 0 Å². The van der Waals surface area contributed by atoms with Gasteiger partial charge in [-0.15, -0.1) is 11.3 Å². The van der Waals surface area contributed by atoms with Crippen molar-refractivity contribution in [2.24, 2.45) is 0 Å². The van der Waals surface area contributed by atoms with Gasteiger partial charge in [0, 0.05) is 43.8 Å². The lowest BCUT2D eigenvalue weighted by Gasteiger charge is -2.05. The standard InChI is InChI=1S/C18H22FN3O2S/c1-13(23)20-10-2-3-11-21-17(24)8-9-18-22-16(12-25-18)14-4-6-15(19)7-5-14/h4-7,12H,2-3,8-11H2,1H3,(H,20,23)(H,21,24). The van der Waals surface area contributed by atoms with Gasteiger partial charge in [0.1, 0.15) is 5.82 Å². The number of hydrogen-bond donors (Lipinski definition) is 2. The predicted octanol–water partition coefficient (Wildman–Crippen LogP) is 2.91. The second-order valence-electron chi connectivity index (χ2n) is 5.67. The lowest BCUT2D eigenvalue weighted by atomic mass is 10.2. The van der Waals surface area contributed by atoms with E-state index < -0.39 is 0 Å². The Hall–Kier alpha value is -2.28. The zero-order chi connectivity index (χ0) is 18.1. The molecular formula is C18H22FN3O2S. The Kier molecular flexibility index (Phi) is 7.53. The van der Waals surface area contributed by atoms with E-state index in [-0.39, 0.29) is 17.6 Å². The summed E-state index contributed by atoms with van der Waals surface area (Å²) in [5, 5.41) is 8.40. The van der Waals surface area contributed by atoms with Gasteiger partial charge in [-0.25, -0.2) is 9.37 Å². The van der Waals surface area contributed by atoms with Gasteiger partial charge < -0.3 is 10.6 Å². The van der Waals surface area contributed by atoms with E-state index in [4.69, 9.17) is 0 Å². The summed E-state index contributed by atoms with van der Waals surface area (Å²) in [4.78, 5) is 27.0. The Bertz CT molecular complexity index is 701. The molecule has 0 unspecified atom stereocenters. The SMILES string of the molecule is CC(=O)NCCCCNC(=O)CCc1nc(-c2ccc(F)cc2)cs1. The molecule has 0 radical (unpaired) electrons. The van der Waals surface area contributed by atoms with Crippen LogP contribution in [0.5, 0.6) is 0 Å². The van der Waals surface area contributed by atoms with Gasteiger partial charge in [0.2, 0.25) is 11.8 Å². The highest BCUT2D eigenvalue weighted by molar-refractivity contribution is 7.09. The van der Waals surface area contributed by atoms with Crippen molar-refractivity contribution < 1.29 is 14.0 Å². The highest BCUT2D eigenvalue weighted by atomic mass is 32.1. The fourth-order valence-electron chi connectivity index (χ4n) is 2.23. The predicted molar refractivity (Wildman–Crippen MR) is 96.8 cm³/mol. The van der Waals surface area contributed by atoms with Crippen molar-refractivity contribution in [3.63, 3.8) is 0 Å². The number of thiazole rings is 1. The number of nitrogens with zero attached hydrogens (tertiary/aromatic N) is 1. The third-order valence-electron chi connectivity index (χ3n) is 3.56. The number of carbonyl (C=O) groups is 2. The number of carbonyl (C=O) groups excluding carboxylic acids is 2. The number of hydrogen-bond acceptors (Lipinski definition) is 4. The first-order chi connectivity index (χ1) is 12.0. The monoisotopic (exact) mass is 363 g/mol. The van der Waals surface area contributed by atoms with Crippen LogP contribution in [-0.4, -0.2) is 29.9 Å². The van der Waals surface area contributed by atoms with E-state index in [0.717, 1.165) is 29.1 Å². The van der Waals surface area contributed by atoms with E-state index in [2.05, 4.69) is 15.6 Å².